The molecule has 4 nitrogen and oxygen atoms in total. The zero-order valence-corrected chi connectivity index (χ0v) is 15.1. The Bertz CT molecular complexity index is 676. The van der Waals surface area contributed by atoms with E-state index in [4.69, 9.17) is 21.1 Å². The van der Waals surface area contributed by atoms with Gasteiger partial charge in [0.25, 0.3) is 5.91 Å². The van der Waals surface area contributed by atoms with Crippen molar-refractivity contribution in [2.75, 3.05) is 12.4 Å². The van der Waals surface area contributed by atoms with E-state index < -0.39 is 6.10 Å². The molecule has 1 atom stereocenters. The lowest BCUT2D eigenvalue weighted by Gasteiger charge is -2.17. The molecule has 0 aliphatic carbocycles. The van der Waals surface area contributed by atoms with Gasteiger partial charge >= 0.3 is 0 Å². The summed E-state index contributed by atoms with van der Waals surface area (Å²) in [6, 6.07) is 12.3. The topological polar surface area (TPSA) is 47.6 Å². The normalized spacial score (nSPS) is 11.7. The second-order valence-corrected chi connectivity index (χ2v) is 6.07. The number of rotatable bonds is 6. The average molecular weight is 399 g/mol. The minimum absolute atomic E-state index is 0.221. The second-order valence-electron chi connectivity index (χ2n) is 4.81. The van der Waals surface area contributed by atoms with Crippen molar-refractivity contribution in [3.63, 3.8) is 0 Å². The number of anilines is 1. The van der Waals surface area contributed by atoms with E-state index in [-0.39, 0.29) is 5.91 Å². The summed E-state index contributed by atoms with van der Waals surface area (Å²) >= 11 is 9.34. The highest BCUT2D eigenvalue weighted by molar-refractivity contribution is 9.10. The number of hydrogen-bond acceptors (Lipinski definition) is 3. The second kappa shape index (κ2) is 8.22. The fourth-order valence-corrected chi connectivity index (χ4v) is 2.36. The van der Waals surface area contributed by atoms with Gasteiger partial charge in [-0.1, -0.05) is 18.5 Å². The van der Waals surface area contributed by atoms with Crippen molar-refractivity contribution < 1.29 is 14.3 Å². The summed E-state index contributed by atoms with van der Waals surface area (Å²) in [5.41, 5.74) is 0.625. The number of methoxy groups -OCH3 is 1. The van der Waals surface area contributed by atoms with Crippen molar-refractivity contribution in [2.24, 2.45) is 0 Å². The van der Waals surface area contributed by atoms with Crippen molar-refractivity contribution in [3.05, 3.63) is 52.0 Å². The average Bonchev–Trinajstić information content (AvgIpc) is 2.56. The van der Waals surface area contributed by atoms with Crippen molar-refractivity contribution in [1.82, 2.24) is 0 Å². The quantitative estimate of drug-likeness (QED) is 0.752. The molecule has 0 spiro atoms. The molecule has 0 aliphatic heterocycles. The van der Waals surface area contributed by atoms with Crippen molar-refractivity contribution in [3.8, 4) is 11.5 Å². The van der Waals surface area contributed by atoms with E-state index in [1.165, 1.54) is 0 Å². The van der Waals surface area contributed by atoms with E-state index in [9.17, 15) is 4.79 Å². The van der Waals surface area contributed by atoms with Crippen LogP contribution in [0.3, 0.4) is 0 Å². The Morgan fingerprint density at radius 3 is 2.43 bits per heavy atom. The highest BCUT2D eigenvalue weighted by atomic mass is 79.9. The molecule has 1 amide bonds. The van der Waals surface area contributed by atoms with Gasteiger partial charge in [0.15, 0.2) is 6.10 Å². The van der Waals surface area contributed by atoms with Crippen LogP contribution in [0.5, 0.6) is 11.5 Å². The molecular formula is C17H17BrClNO3. The molecule has 6 heteroatoms. The Balaban J connectivity index is 2.03. The minimum Gasteiger partial charge on any atom is -0.497 e. The standard InChI is InChI=1S/C17H17BrClNO3/c1-3-16(23-13-7-5-12(22-2)6-8-13)17(21)20-11-4-9-14(18)15(19)10-11/h4-10,16H,3H2,1-2H3,(H,20,21)/t16-/m0/s1. The summed E-state index contributed by atoms with van der Waals surface area (Å²) in [7, 11) is 1.60. The Hall–Kier alpha value is -1.72. The Kier molecular flexibility index (Phi) is 6.30. The maximum absolute atomic E-state index is 12.4. The van der Waals surface area contributed by atoms with Gasteiger partial charge in [-0.3, -0.25) is 4.79 Å². The van der Waals surface area contributed by atoms with Gasteiger partial charge in [-0.2, -0.15) is 0 Å². The SMILES string of the molecule is CC[C@H](Oc1ccc(OC)cc1)C(=O)Nc1ccc(Br)c(Cl)c1. The fourth-order valence-electron chi connectivity index (χ4n) is 1.94. The lowest BCUT2D eigenvalue weighted by atomic mass is 10.2. The molecular weight excluding hydrogens is 382 g/mol. The van der Waals surface area contributed by atoms with Crippen LogP contribution in [-0.2, 0) is 4.79 Å². The van der Waals surface area contributed by atoms with Gasteiger partial charge in [0.2, 0.25) is 0 Å². The molecule has 0 unspecified atom stereocenters. The first-order valence-electron chi connectivity index (χ1n) is 7.10. The predicted molar refractivity (Wildman–Crippen MR) is 95.5 cm³/mol. The molecule has 0 aromatic heterocycles. The van der Waals surface area contributed by atoms with E-state index in [1.807, 2.05) is 6.92 Å². The van der Waals surface area contributed by atoms with E-state index in [2.05, 4.69) is 21.2 Å². The van der Waals surface area contributed by atoms with Crippen LogP contribution in [0, 0.1) is 0 Å². The highest BCUT2D eigenvalue weighted by Crippen LogP contribution is 2.26. The van der Waals surface area contributed by atoms with E-state index in [0.717, 1.165) is 10.2 Å². The van der Waals surface area contributed by atoms with Gasteiger partial charge in [-0.05, 0) is 64.8 Å². The van der Waals surface area contributed by atoms with Gasteiger partial charge in [0.1, 0.15) is 11.5 Å². The molecule has 0 radical (unpaired) electrons. The van der Waals surface area contributed by atoms with Crippen LogP contribution in [0.1, 0.15) is 13.3 Å². The molecule has 2 aromatic rings. The number of amides is 1. The summed E-state index contributed by atoms with van der Waals surface area (Å²) in [5, 5.41) is 3.34. The van der Waals surface area contributed by atoms with Gasteiger partial charge in [0.05, 0.1) is 12.1 Å². The number of nitrogens with one attached hydrogen (secondary N) is 1. The predicted octanol–water partition coefficient (Wildman–Crippen LogP) is 4.91. The summed E-state index contributed by atoms with van der Waals surface area (Å²) in [5.74, 6) is 1.13. The summed E-state index contributed by atoms with van der Waals surface area (Å²) in [6.45, 7) is 1.89. The molecule has 0 aliphatic rings. The third kappa shape index (κ3) is 4.88. The maximum Gasteiger partial charge on any atom is 0.265 e. The van der Waals surface area contributed by atoms with Crippen LogP contribution in [0.4, 0.5) is 5.69 Å². The third-order valence-corrected chi connectivity index (χ3v) is 4.42. The Morgan fingerprint density at radius 1 is 1.22 bits per heavy atom. The number of halogens is 2. The smallest absolute Gasteiger partial charge is 0.265 e. The first-order valence-corrected chi connectivity index (χ1v) is 8.27. The van der Waals surface area contributed by atoms with Crippen molar-refractivity contribution in [2.45, 2.75) is 19.4 Å². The number of carbonyl (C=O) groups excluding carboxylic acids is 1. The van der Waals surface area contributed by atoms with Crippen LogP contribution in [-0.4, -0.2) is 19.1 Å². The van der Waals surface area contributed by atoms with Gasteiger partial charge in [-0.15, -0.1) is 0 Å². The zero-order valence-electron chi connectivity index (χ0n) is 12.8. The first-order chi connectivity index (χ1) is 11.0. The first kappa shape index (κ1) is 17.6. The summed E-state index contributed by atoms with van der Waals surface area (Å²) in [4.78, 5) is 12.4. The van der Waals surface area contributed by atoms with E-state index in [1.54, 1.807) is 49.6 Å². The van der Waals surface area contributed by atoms with Crippen LogP contribution < -0.4 is 14.8 Å². The minimum atomic E-state index is -0.592. The fraction of sp³-hybridized carbons (Fsp3) is 0.235. The van der Waals surface area contributed by atoms with Gasteiger partial charge in [0, 0.05) is 10.2 Å². The van der Waals surface area contributed by atoms with Gasteiger partial charge in [-0.25, -0.2) is 0 Å². The van der Waals surface area contributed by atoms with Crippen molar-refractivity contribution >= 4 is 39.1 Å². The lowest BCUT2D eigenvalue weighted by Crippen LogP contribution is -2.32. The number of ether oxygens (including phenoxy) is 2. The van der Waals surface area contributed by atoms with Crippen LogP contribution >= 0.6 is 27.5 Å². The van der Waals surface area contributed by atoms with Gasteiger partial charge < -0.3 is 14.8 Å². The number of benzene rings is 2. The third-order valence-electron chi connectivity index (χ3n) is 3.19. The monoisotopic (exact) mass is 397 g/mol. The summed E-state index contributed by atoms with van der Waals surface area (Å²) < 4.78 is 11.6. The molecule has 2 rings (SSSR count). The largest absolute Gasteiger partial charge is 0.497 e. The van der Waals surface area contributed by atoms with Crippen molar-refractivity contribution in [1.29, 1.82) is 0 Å². The molecule has 0 heterocycles. The molecule has 0 saturated heterocycles. The van der Waals surface area contributed by atoms with E-state index in [0.29, 0.717) is 22.9 Å². The molecule has 1 N–H and O–H groups in total. The van der Waals surface area contributed by atoms with Crippen LogP contribution in [0.2, 0.25) is 5.02 Å². The molecule has 0 saturated carbocycles. The molecule has 0 bridgehead atoms. The number of carbonyl (C=O) groups is 1. The molecule has 23 heavy (non-hydrogen) atoms. The van der Waals surface area contributed by atoms with Crippen LogP contribution in [0.25, 0.3) is 0 Å². The van der Waals surface area contributed by atoms with Crippen LogP contribution in [0.15, 0.2) is 46.9 Å². The molecule has 2 aromatic carbocycles. The zero-order chi connectivity index (χ0) is 16.8. The molecule has 0 fully saturated rings. The Morgan fingerprint density at radius 2 is 1.87 bits per heavy atom. The maximum atomic E-state index is 12.4. The Labute approximate surface area is 148 Å². The molecule has 122 valence electrons. The highest BCUT2D eigenvalue weighted by Gasteiger charge is 2.18. The lowest BCUT2D eigenvalue weighted by molar-refractivity contribution is -0.122. The van der Waals surface area contributed by atoms with E-state index >= 15 is 0 Å². The number of hydrogen-bond donors (Lipinski definition) is 1. The summed E-state index contributed by atoms with van der Waals surface area (Å²) in [6.07, 6.45) is -0.0481.